The molecule has 0 aliphatic rings. The Kier molecular flexibility index (Phi) is 5.45. The van der Waals surface area contributed by atoms with Crippen molar-refractivity contribution in [3.63, 3.8) is 0 Å². The Morgan fingerprint density at radius 1 is 1.67 bits per heavy atom. The number of carbonyl (C=O) groups excluding carboxylic acids is 1. The van der Waals surface area contributed by atoms with Crippen LogP contribution in [0.25, 0.3) is 0 Å². The van der Waals surface area contributed by atoms with Crippen LogP contribution in [0.15, 0.2) is 0 Å². The molecule has 4 heteroatoms. The molecule has 0 aromatic carbocycles. The fourth-order valence-corrected chi connectivity index (χ4v) is 0.953. The van der Waals surface area contributed by atoms with Gasteiger partial charge in [-0.15, -0.1) is 0 Å². The average Bonchev–Trinajstić information content (AvgIpc) is 1.96. The summed E-state index contributed by atoms with van der Waals surface area (Å²) in [6, 6.07) is 0. The van der Waals surface area contributed by atoms with E-state index in [4.69, 9.17) is 15.6 Å². The number of primary amides is 1. The summed E-state index contributed by atoms with van der Waals surface area (Å²) in [7, 11) is 0. The molecule has 4 nitrogen and oxygen atoms in total. The van der Waals surface area contributed by atoms with Gasteiger partial charge in [0.25, 0.3) is 0 Å². The molecule has 0 aliphatic heterocycles. The predicted molar refractivity (Wildman–Crippen MR) is 45.7 cm³/mol. The quantitative estimate of drug-likeness (QED) is 0.655. The molecule has 1 amide bonds. The molecule has 0 saturated carbocycles. The lowest BCUT2D eigenvalue weighted by molar-refractivity contribution is 0.0104. The summed E-state index contributed by atoms with van der Waals surface area (Å²) in [5, 5.41) is 9.15. The van der Waals surface area contributed by atoms with Crippen molar-refractivity contribution in [1.82, 2.24) is 0 Å². The number of nitrogens with two attached hydrogens (primary N) is 1. The lowest BCUT2D eigenvalue weighted by atomic mass is 10.1. The third kappa shape index (κ3) is 4.96. The van der Waals surface area contributed by atoms with Crippen molar-refractivity contribution in [3.05, 3.63) is 0 Å². The minimum atomic E-state index is -0.822. The van der Waals surface area contributed by atoms with E-state index in [9.17, 15) is 4.79 Å². The molecule has 0 heterocycles. The standard InChI is InChI=1S/C8H17NO3/c1-3-4-5-7(6(2)10)12-8(9)11/h6-7,10H,3-5H2,1-2H3,(H2,9,11). The summed E-state index contributed by atoms with van der Waals surface area (Å²) >= 11 is 0. The second-order valence-corrected chi connectivity index (χ2v) is 2.86. The Hall–Kier alpha value is -0.770. The van der Waals surface area contributed by atoms with Gasteiger partial charge in [0, 0.05) is 0 Å². The van der Waals surface area contributed by atoms with Crippen molar-refractivity contribution < 1.29 is 14.6 Å². The van der Waals surface area contributed by atoms with E-state index in [-0.39, 0.29) is 0 Å². The van der Waals surface area contributed by atoms with Gasteiger partial charge in [-0.05, 0) is 19.8 Å². The van der Waals surface area contributed by atoms with Crippen LogP contribution in [0.4, 0.5) is 4.79 Å². The van der Waals surface area contributed by atoms with Crippen LogP contribution in [0.1, 0.15) is 33.1 Å². The highest BCUT2D eigenvalue weighted by Gasteiger charge is 2.17. The van der Waals surface area contributed by atoms with E-state index in [1.165, 1.54) is 0 Å². The van der Waals surface area contributed by atoms with Crippen molar-refractivity contribution in [3.8, 4) is 0 Å². The monoisotopic (exact) mass is 175 g/mol. The number of unbranched alkanes of at least 4 members (excludes halogenated alkanes) is 1. The van der Waals surface area contributed by atoms with Crippen molar-refractivity contribution in [2.75, 3.05) is 0 Å². The van der Waals surface area contributed by atoms with E-state index in [1.54, 1.807) is 6.92 Å². The first-order valence-corrected chi connectivity index (χ1v) is 4.22. The minimum absolute atomic E-state index is 0.456. The third-order valence-corrected chi connectivity index (χ3v) is 1.65. The van der Waals surface area contributed by atoms with Crippen LogP contribution in [-0.4, -0.2) is 23.4 Å². The molecule has 0 aliphatic carbocycles. The van der Waals surface area contributed by atoms with Crippen LogP contribution in [0.3, 0.4) is 0 Å². The van der Waals surface area contributed by atoms with Gasteiger partial charge in [-0.2, -0.15) is 0 Å². The van der Waals surface area contributed by atoms with E-state index < -0.39 is 18.3 Å². The fourth-order valence-electron chi connectivity index (χ4n) is 0.953. The average molecular weight is 175 g/mol. The molecule has 72 valence electrons. The predicted octanol–water partition coefficient (Wildman–Crippen LogP) is 1.02. The molecule has 0 rings (SSSR count). The summed E-state index contributed by atoms with van der Waals surface area (Å²) in [4.78, 5) is 10.4. The van der Waals surface area contributed by atoms with E-state index in [1.807, 2.05) is 6.92 Å². The molecule has 2 atom stereocenters. The van der Waals surface area contributed by atoms with Crippen LogP contribution in [-0.2, 0) is 4.74 Å². The van der Waals surface area contributed by atoms with E-state index in [0.29, 0.717) is 6.42 Å². The topological polar surface area (TPSA) is 72.5 Å². The molecule has 0 spiro atoms. The zero-order valence-corrected chi connectivity index (χ0v) is 7.62. The normalized spacial score (nSPS) is 15.2. The van der Waals surface area contributed by atoms with Crippen LogP contribution in [0, 0.1) is 0 Å². The smallest absolute Gasteiger partial charge is 0.404 e. The maximum Gasteiger partial charge on any atom is 0.404 e. The van der Waals surface area contributed by atoms with Crippen LogP contribution in [0.5, 0.6) is 0 Å². The van der Waals surface area contributed by atoms with Crippen LogP contribution < -0.4 is 5.73 Å². The molecule has 0 fully saturated rings. The SMILES string of the molecule is CCCCC(OC(N)=O)C(C)O. The molecule has 12 heavy (non-hydrogen) atoms. The summed E-state index contributed by atoms with van der Waals surface area (Å²) in [6.45, 7) is 3.62. The van der Waals surface area contributed by atoms with Gasteiger partial charge in [-0.25, -0.2) is 4.79 Å². The van der Waals surface area contributed by atoms with Crippen molar-refractivity contribution in [1.29, 1.82) is 0 Å². The molecule has 0 bridgehead atoms. The summed E-state index contributed by atoms with van der Waals surface area (Å²) in [6.07, 6.45) is 0.661. The van der Waals surface area contributed by atoms with Crippen molar-refractivity contribution in [2.45, 2.75) is 45.3 Å². The van der Waals surface area contributed by atoms with Crippen molar-refractivity contribution >= 4 is 6.09 Å². The zero-order chi connectivity index (χ0) is 9.56. The van der Waals surface area contributed by atoms with Gasteiger partial charge >= 0.3 is 6.09 Å². The highest BCUT2D eigenvalue weighted by molar-refractivity contribution is 5.64. The zero-order valence-electron chi connectivity index (χ0n) is 7.62. The number of hydrogen-bond acceptors (Lipinski definition) is 3. The lowest BCUT2D eigenvalue weighted by Crippen LogP contribution is -2.31. The van der Waals surface area contributed by atoms with Gasteiger partial charge in [-0.3, -0.25) is 0 Å². The van der Waals surface area contributed by atoms with Gasteiger partial charge in [0.1, 0.15) is 6.10 Å². The maximum atomic E-state index is 10.4. The number of aliphatic hydroxyl groups excluding tert-OH is 1. The molecular weight excluding hydrogens is 158 g/mol. The molecule has 2 unspecified atom stereocenters. The van der Waals surface area contributed by atoms with Crippen LogP contribution >= 0.6 is 0 Å². The molecule has 0 radical (unpaired) electrons. The molecule has 0 saturated heterocycles. The Balaban J connectivity index is 3.78. The molecule has 0 aromatic rings. The van der Waals surface area contributed by atoms with Gasteiger partial charge in [0.05, 0.1) is 6.10 Å². The second-order valence-electron chi connectivity index (χ2n) is 2.86. The Morgan fingerprint density at radius 2 is 2.25 bits per heavy atom. The lowest BCUT2D eigenvalue weighted by Gasteiger charge is -2.18. The Labute approximate surface area is 72.7 Å². The van der Waals surface area contributed by atoms with Crippen molar-refractivity contribution in [2.24, 2.45) is 5.73 Å². The number of ether oxygens (including phenoxy) is 1. The Morgan fingerprint density at radius 3 is 2.58 bits per heavy atom. The molecular formula is C8H17NO3. The highest BCUT2D eigenvalue weighted by atomic mass is 16.6. The van der Waals surface area contributed by atoms with E-state index in [2.05, 4.69) is 0 Å². The first-order valence-electron chi connectivity index (χ1n) is 4.22. The Bertz CT molecular complexity index is 136. The molecule has 3 N–H and O–H groups in total. The number of amides is 1. The largest absolute Gasteiger partial charge is 0.444 e. The second kappa shape index (κ2) is 5.83. The first kappa shape index (κ1) is 11.2. The summed E-state index contributed by atoms with van der Waals surface area (Å²) in [5.74, 6) is 0. The minimum Gasteiger partial charge on any atom is -0.444 e. The summed E-state index contributed by atoms with van der Waals surface area (Å²) in [5.41, 5.74) is 4.83. The van der Waals surface area contributed by atoms with E-state index >= 15 is 0 Å². The third-order valence-electron chi connectivity index (χ3n) is 1.65. The number of carbonyl (C=O) groups is 1. The number of aliphatic hydroxyl groups is 1. The van der Waals surface area contributed by atoms with Gasteiger partial charge in [-0.1, -0.05) is 13.3 Å². The van der Waals surface area contributed by atoms with E-state index in [0.717, 1.165) is 12.8 Å². The molecule has 0 aromatic heterocycles. The highest BCUT2D eigenvalue weighted by Crippen LogP contribution is 2.08. The number of hydrogen-bond donors (Lipinski definition) is 2. The van der Waals surface area contributed by atoms with Gasteiger partial charge in [0.15, 0.2) is 0 Å². The number of rotatable bonds is 5. The first-order chi connectivity index (χ1) is 5.57. The summed E-state index contributed by atoms with van der Waals surface area (Å²) < 4.78 is 4.70. The van der Waals surface area contributed by atoms with Gasteiger partial charge < -0.3 is 15.6 Å². The van der Waals surface area contributed by atoms with Gasteiger partial charge in [0.2, 0.25) is 0 Å². The maximum absolute atomic E-state index is 10.4. The van der Waals surface area contributed by atoms with Crippen LogP contribution in [0.2, 0.25) is 0 Å². The fraction of sp³-hybridized carbons (Fsp3) is 0.875.